The van der Waals surface area contributed by atoms with Crippen molar-refractivity contribution in [1.82, 2.24) is 9.97 Å². The Bertz CT molecular complexity index is 592. The minimum absolute atomic E-state index is 0.0911. The second kappa shape index (κ2) is 6.58. The molecule has 1 unspecified atom stereocenters. The van der Waals surface area contributed by atoms with Crippen molar-refractivity contribution in [3.63, 3.8) is 0 Å². The third-order valence-electron chi connectivity index (χ3n) is 2.63. The number of pyridine rings is 2. The fourth-order valence-corrected chi connectivity index (χ4v) is 2.38. The Morgan fingerprint density at radius 3 is 2.90 bits per heavy atom. The molecule has 0 spiro atoms. The first-order valence-corrected chi connectivity index (χ1v) is 7.10. The highest BCUT2D eigenvalue weighted by molar-refractivity contribution is 8.00. The van der Waals surface area contributed by atoms with Gasteiger partial charge in [-0.05, 0) is 25.1 Å². The smallest absolute Gasteiger partial charge is 0.170 e. The van der Waals surface area contributed by atoms with Crippen LogP contribution in [0.5, 0.6) is 11.5 Å². The zero-order valence-electron chi connectivity index (χ0n) is 11.4. The lowest BCUT2D eigenvalue weighted by atomic mass is 10.3. The van der Waals surface area contributed by atoms with Gasteiger partial charge in [-0.3, -0.25) is 4.98 Å². The Hall–Kier alpha value is -1.79. The largest absolute Gasteiger partial charge is 0.452 e. The minimum Gasteiger partial charge on any atom is -0.452 e. The molecule has 2 aromatic rings. The monoisotopic (exact) mass is 291 g/mol. The van der Waals surface area contributed by atoms with E-state index < -0.39 is 0 Å². The van der Waals surface area contributed by atoms with E-state index >= 15 is 0 Å². The van der Waals surface area contributed by atoms with Gasteiger partial charge in [0.2, 0.25) is 0 Å². The molecule has 5 nitrogen and oxygen atoms in total. The van der Waals surface area contributed by atoms with Crippen LogP contribution in [0.25, 0.3) is 0 Å². The average Bonchev–Trinajstić information content (AvgIpc) is 2.44. The summed E-state index contributed by atoms with van der Waals surface area (Å²) in [4.78, 5) is 9.19. The van der Waals surface area contributed by atoms with E-state index in [4.69, 9.17) is 15.6 Å². The van der Waals surface area contributed by atoms with Gasteiger partial charge in [-0.25, -0.2) is 4.98 Å². The molecule has 0 aliphatic carbocycles. The van der Waals surface area contributed by atoms with E-state index in [1.54, 1.807) is 18.5 Å². The van der Waals surface area contributed by atoms with Crippen molar-refractivity contribution < 1.29 is 9.84 Å². The number of hydrogen-bond donors (Lipinski definition) is 2. The number of rotatable bonds is 5. The number of thioether (sulfide) groups is 1. The predicted molar refractivity (Wildman–Crippen MR) is 80.1 cm³/mol. The molecule has 20 heavy (non-hydrogen) atoms. The molecule has 1 atom stereocenters. The predicted octanol–water partition coefficient (Wildman–Crippen LogP) is 2.63. The third kappa shape index (κ3) is 3.61. The number of nitrogens with zero attached hydrogens (tertiary/aromatic N) is 2. The zero-order valence-corrected chi connectivity index (χ0v) is 12.2. The first-order valence-electron chi connectivity index (χ1n) is 6.22. The Balaban J connectivity index is 2.23. The van der Waals surface area contributed by atoms with Crippen molar-refractivity contribution in [2.24, 2.45) is 0 Å². The number of aromatic nitrogens is 2. The van der Waals surface area contributed by atoms with Gasteiger partial charge in [0.05, 0.1) is 12.3 Å². The lowest BCUT2D eigenvalue weighted by Gasteiger charge is -2.12. The molecule has 0 bridgehead atoms. The molecular weight excluding hydrogens is 274 g/mol. The molecule has 106 valence electrons. The topological polar surface area (TPSA) is 81.3 Å². The molecule has 0 fully saturated rings. The van der Waals surface area contributed by atoms with Crippen molar-refractivity contribution in [2.75, 3.05) is 12.3 Å². The average molecular weight is 291 g/mol. The molecule has 3 N–H and O–H groups in total. The number of nitrogens with two attached hydrogens (primary N) is 1. The fraction of sp³-hybridized carbons (Fsp3) is 0.286. The lowest BCUT2D eigenvalue weighted by molar-refractivity contribution is 0.300. The van der Waals surface area contributed by atoms with Crippen molar-refractivity contribution in [3.8, 4) is 11.5 Å². The number of nitrogen functional groups attached to an aromatic ring is 1. The van der Waals surface area contributed by atoms with E-state index in [2.05, 4.69) is 9.97 Å². The van der Waals surface area contributed by atoms with Crippen LogP contribution in [0.2, 0.25) is 0 Å². The highest BCUT2D eigenvalue weighted by Gasteiger charge is 2.10. The summed E-state index contributed by atoms with van der Waals surface area (Å²) in [5.41, 5.74) is 6.62. The second-order valence-electron chi connectivity index (χ2n) is 4.35. The second-order valence-corrected chi connectivity index (χ2v) is 5.87. The summed E-state index contributed by atoms with van der Waals surface area (Å²) in [5.74, 6) is 1.48. The fourth-order valence-electron chi connectivity index (χ4n) is 1.55. The van der Waals surface area contributed by atoms with Crippen molar-refractivity contribution in [2.45, 2.75) is 24.0 Å². The van der Waals surface area contributed by atoms with E-state index in [1.807, 2.05) is 26.0 Å². The number of aryl methyl sites for hydroxylation is 1. The Kier molecular flexibility index (Phi) is 4.81. The molecule has 0 saturated heterocycles. The normalized spacial score (nSPS) is 12.2. The highest BCUT2D eigenvalue weighted by atomic mass is 32.2. The maximum Gasteiger partial charge on any atom is 0.170 e. The number of hydrogen-bond acceptors (Lipinski definition) is 6. The standard InChI is InChI=1S/C14H17N3O2S/c1-9(8-18)20-11-6-13(14(15)17-7-11)19-12-4-3-5-16-10(12)2/h3-7,9,18H,8H2,1-2H3,(H2,15,17). The lowest BCUT2D eigenvalue weighted by Crippen LogP contribution is -2.02. The molecular formula is C14H17N3O2S. The molecule has 0 aromatic carbocycles. The molecule has 6 heteroatoms. The third-order valence-corrected chi connectivity index (χ3v) is 3.68. The summed E-state index contributed by atoms with van der Waals surface area (Å²) in [6.45, 7) is 3.91. The first-order chi connectivity index (χ1) is 9.60. The Morgan fingerprint density at radius 1 is 1.40 bits per heavy atom. The summed E-state index contributed by atoms with van der Waals surface area (Å²) >= 11 is 1.52. The molecule has 0 radical (unpaired) electrons. The van der Waals surface area contributed by atoms with Crippen molar-refractivity contribution in [3.05, 3.63) is 36.3 Å². The first kappa shape index (κ1) is 14.6. The maximum absolute atomic E-state index is 9.09. The Morgan fingerprint density at radius 2 is 2.20 bits per heavy atom. The molecule has 2 heterocycles. The van der Waals surface area contributed by atoms with Gasteiger partial charge in [0, 0.05) is 22.5 Å². The van der Waals surface area contributed by atoms with Crippen LogP contribution < -0.4 is 10.5 Å². The van der Waals surface area contributed by atoms with Gasteiger partial charge >= 0.3 is 0 Å². The summed E-state index contributed by atoms with van der Waals surface area (Å²) < 4.78 is 5.77. The molecule has 0 amide bonds. The molecule has 0 aliphatic heterocycles. The SMILES string of the molecule is Cc1ncccc1Oc1cc(SC(C)CO)cnc1N. The van der Waals surface area contributed by atoms with Crippen LogP contribution >= 0.6 is 11.8 Å². The van der Waals surface area contributed by atoms with Gasteiger partial charge in [0.25, 0.3) is 0 Å². The van der Waals surface area contributed by atoms with Gasteiger partial charge in [0.1, 0.15) is 5.75 Å². The summed E-state index contributed by atoms with van der Waals surface area (Å²) in [7, 11) is 0. The van der Waals surface area contributed by atoms with Gasteiger partial charge in [-0.15, -0.1) is 11.8 Å². The number of aliphatic hydroxyl groups excluding tert-OH is 1. The van der Waals surface area contributed by atoms with Crippen LogP contribution in [0.4, 0.5) is 5.82 Å². The van der Waals surface area contributed by atoms with Crippen LogP contribution in [-0.4, -0.2) is 26.9 Å². The minimum atomic E-state index is 0.0911. The number of ether oxygens (including phenoxy) is 1. The van der Waals surface area contributed by atoms with E-state index in [9.17, 15) is 0 Å². The van der Waals surface area contributed by atoms with Crippen LogP contribution in [-0.2, 0) is 0 Å². The quantitative estimate of drug-likeness (QED) is 0.824. The zero-order chi connectivity index (χ0) is 14.5. The molecule has 0 saturated carbocycles. The van der Waals surface area contributed by atoms with Gasteiger partial charge < -0.3 is 15.6 Å². The van der Waals surface area contributed by atoms with Gasteiger partial charge in [0.15, 0.2) is 11.6 Å². The number of anilines is 1. The van der Waals surface area contributed by atoms with Gasteiger partial charge in [-0.1, -0.05) is 6.92 Å². The number of aliphatic hydroxyl groups is 1. The van der Waals surface area contributed by atoms with Crippen LogP contribution in [0.15, 0.2) is 35.5 Å². The van der Waals surface area contributed by atoms with Crippen LogP contribution in [0.1, 0.15) is 12.6 Å². The van der Waals surface area contributed by atoms with E-state index in [-0.39, 0.29) is 11.9 Å². The van der Waals surface area contributed by atoms with E-state index in [0.717, 1.165) is 10.6 Å². The van der Waals surface area contributed by atoms with Crippen LogP contribution in [0, 0.1) is 6.92 Å². The molecule has 0 aliphatic rings. The summed E-state index contributed by atoms with van der Waals surface area (Å²) in [6.07, 6.45) is 3.38. The summed E-state index contributed by atoms with van der Waals surface area (Å²) in [6, 6.07) is 5.46. The van der Waals surface area contributed by atoms with E-state index in [0.29, 0.717) is 17.3 Å². The van der Waals surface area contributed by atoms with Crippen LogP contribution in [0.3, 0.4) is 0 Å². The highest BCUT2D eigenvalue weighted by Crippen LogP contribution is 2.32. The van der Waals surface area contributed by atoms with E-state index in [1.165, 1.54) is 11.8 Å². The van der Waals surface area contributed by atoms with Gasteiger partial charge in [-0.2, -0.15) is 0 Å². The Labute approximate surface area is 122 Å². The van der Waals surface area contributed by atoms with Crippen molar-refractivity contribution >= 4 is 17.6 Å². The molecule has 2 aromatic heterocycles. The molecule has 2 rings (SSSR count). The summed E-state index contributed by atoms with van der Waals surface area (Å²) in [5, 5.41) is 9.18. The maximum atomic E-state index is 9.09. The van der Waals surface area contributed by atoms with Crippen molar-refractivity contribution in [1.29, 1.82) is 0 Å².